The van der Waals surface area contributed by atoms with Crippen LogP contribution in [-0.4, -0.2) is 28.8 Å². The molecule has 1 heterocycles. The Bertz CT molecular complexity index is 1040. The third kappa shape index (κ3) is 5.08. The summed E-state index contributed by atoms with van der Waals surface area (Å²) < 4.78 is 13.5. The molecule has 1 aliphatic carbocycles. The molecule has 4 rings (SSSR count). The Labute approximate surface area is 183 Å². The van der Waals surface area contributed by atoms with Gasteiger partial charge in [-0.25, -0.2) is 4.68 Å². The van der Waals surface area contributed by atoms with Crippen molar-refractivity contribution in [3.05, 3.63) is 65.4 Å². The van der Waals surface area contributed by atoms with Crippen molar-refractivity contribution < 1.29 is 14.3 Å². The molecule has 1 saturated carbocycles. The molecular formula is C25H29N3O3. The van der Waals surface area contributed by atoms with E-state index in [0.29, 0.717) is 24.8 Å². The first kappa shape index (κ1) is 21.0. The highest BCUT2D eigenvalue weighted by Crippen LogP contribution is 2.33. The lowest BCUT2D eigenvalue weighted by molar-refractivity contribution is -0.121. The third-order valence-electron chi connectivity index (χ3n) is 5.45. The molecule has 0 unspecified atom stereocenters. The van der Waals surface area contributed by atoms with Gasteiger partial charge in [-0.15, -0.1) is 0 Å². The molecule has 1 N–H and O–H groups in total. The standard InChI is InChI=1S/C25H29N3O3/c1-4-23-22(15-16-24(29)26-18-7-8-18)25(31-21-11-5-17(2)6-12-21)28(27-23)19-9-13-20(30-3)14-10-19/h5-6,9-14,18H,4,7-8,15-16H2,1-3H3,(H,26,29). The molecule has 0 atom stereocenters. The van der Waals surface area contributed by atoms with Crippen LogP contribution in [-0.2, 0) is 17.6 Å². The number of nitrogens with zero attached hydrogens (tertiary/aromatic N) is 2. The Hall–Kier alpha value is -3.28. The van der Waals surface area contributed by atoms with Crippen LogP contribution in [0.5, 0.6) is 17.4 Å². The number of hydrogen-bond acceptors (Lipinski definition) is 4. The number of amides is 1. The number of methoxy groups -OCH3 is 1. The molecule has 1 aromatic heterocycles. The van der Waals surface area contributed by atoms with E-state index >= 15 is 0 Å². The van der Waals surface area contributed by atoms with Crippen molar-refractivity contribution in [2.45, 2.75) is 52.0 Å². The summed E-state index contributed by atoms with van der Waals surface area (Å²) in [7, 11) is 1.65. The molecule has 6 nitrogen and oxygen atoms in total. The van der Waals surface area contributed by atoms with Gasteiger partial charge in [-0.1, -0.05) is 24.6 Å². The average molecular weight is 420 g/mol. The summed E-state index contributed by atoms with van der Waals surface area (Å²) in [4.78, 5) is 12.3. The molecule has 0 bridgehead atoms. The zero-order valence-corrected chi connectivity index (χ0v) is 18.4. The van der Waals surface area contributed by atoms with Gasteiger partial charge in [0.25, 0.3) is 0 Å². The summed E-state index contributed by atoms with van der Waals surface area (Å²) in [5.74, 6) is 2.27. The Morgan fingerprint density at radius 3 is 2.39 bits per heavy atom. The summed E-state index contributed by atoms with van der Waals surface area (Å²) in [6.07, 6.45) is 3.93. The first-order valence-electron chi connectivity index (χ1n) is 10.9. The summed E-state index contributed by atoms with van der Waals surface area (Å²) in [6.45, 7) is 4.12. The monoisotopic (exact) mass is 419 g/mol. The molecule has 1 amide bonds. The number of aryl methyl sites for hydroxylation is 2. The van der Waals surface area contributed by atoms with Gasteiger partial charge >= 0.3 is 0 Å². The molecule has 0 aliphatic heterocycles. The van der Waals surface area contributed by atoms with Crippen LogP contribution in [0.15, 0.2) is 48.5 Å². The first-order valence-corrected chi connectivity index (χ1v) is 10.9. The van der Waals surface area contributed by atoms with Crippen LogP contribution in [0, 0.1) is 6.92 Å². The van der Waals surface area contributed by atoms with Gasteiger partial charge in [0.15, 0.2) is 0 Å². The summed E-state index contributed by atoms with van der Waals surface area (Å²) >= 11 is 0. The van der Waals surface area contributed by atoms with Crippen molar-refractivity contribution in [3.63, 3.8) is 0 Å². The fourth-order valence-corrected chi connectivity index (χ4v) is 3.50. The maximum absolute atomic E-state index is 12.3. The van der Waals surface area contributed by atoms with E-state index in [9.17, 15) is 4.79 Å². The number of aromatic nitrogens is 2. The highest BCUT2D eigenvalue weighted by atomic mass is 16.5. The summed E-state index contributed by atoms with van der Waals surface area (Å²) in [5.41, 5.74) is 3.97. The van der Waals surface area contributed by atoms with Gasteiger partial charge in [-0.05, 0) is 69.0 Å². The second kappa shape index (κ2) is 9.25. The van der Waals surface area contributed by atoms with E-state index in [0.717, 1.165) is 47.7 Å². The maximum Gasteiger partial charge on any atom is 0.226 e. The molecule has 3 aromatic rings. The molecule has 0 spiro atoms. The van der Waals surface area contributed by atoms with E-state index in [2.05, 4.69) is 12.2 Å². The molecular weight excluding hydrogens is 390 g/mol. The van der Waals surface area contributed by atoms with Crippen molar-refractivity contribution in [2.24, 2.45) is 0 Å². The maximum atomic E-state index is 12.3. The zero-order chi connectivity index (χ0) is 21.8. The second-order valence-corrected chi connectivity index (χ2v) is 7.95. The van der Waals surface area contributed by atoms with Gasteiger partial charge in [-0.3, -0.25) is 4.79 Å². The normalized spacial score (nSPS) is 13.1. The minimum Gasteiger partial charge on any atom is -0.497 e. The average Bonchev–Trinajstić information content (AvgIpc) is 3.53. The molecule has 2 aromatic carbocycles. The van der Waals surface area contributed by atoms with Crippen LogP contribution < -0.4 is 14.8 Å². The van der Waals surface area contributed by atoms with Crippen molar-refractivity contribution in [1.29, 1.82) is 0 Å². The minimum absolute atomic E-state index is 0.0861. The number of ether oxygens (including phenoxy) is 2. The lowest BCUT2D eigenvalue weighted by Gasteiger charge is -2.12. The number of hydrogen-bond donors (Lipinski definition) is 1. The topological polar surface area (TPSA) is 65.4 Å². The molecule has 0 saturated heterocycles. The molecule has 1 aliphatic rings. The van der Waals surface area contributed by atoms with E-state index in [4.69, 9.17) is 14.6 Å². The lowest BCUT2D eigenvalue weighted by Crippen LogP contribution is -2.25. The van der Waals surface area contributed by atoms with E-state index < -0.39 is 0 Å². The van der Waals surface area contributed by atoms with Gasteiger partial charge in [0.2, 0.25) is 11.8 Å². The Balaban J connectivity index is 1.68. The first-order chi connectivity index (χ1) is 15.1. The van der Waals surface area contributed by atoms with Crippen molar-refractivity contribution in [3.8, 4) is 23.1 Å². The number of carbonyl (C=O) groups is 1. The quantitative estimate of drug-likeness (QED) is 0.543. The van der Waals surface area contributed by atoms with Gasteiger partial charge in [0.05, 0.1) is 18.5 Å². The number of carbonyl (C=O) groups excluding carboxylic acids is 1. The van der Waals surface area contributed by atoms with Crippen LogP contribution in [0.25, 0.3) is 5.69 Å². The van der Waals surface area contributed by atoms with E-state index in [1.807, 2.05) is 60.1 Å². The van der Waals surface area contributed by atoms with Crippen LogP contribution in [0.1, 0.15) is 43.0 Å². The zero-order valence-electron chi connectivity index (χ0n) is 18.4. The highest BCUT2D eigenvalue weighted by Gasteiger charge is 2.25. The van der Waals surface area contributed by atoms with Crippen molar-refractivity contribution in [2.75, 3.05) is 7.11 Å². The van der Waals surface area contributed by atoms with Gasteiger partial charge in [0.1, 0.15) is 11.5 Å². The molecule has 6 heteroatoms. The van der Waals surface area contributed by atoms with E-state index in [1.54, 1.807) is 7.11 Å². The van der Waals surface area contributed by atoms with Gasteiger partial charge < -0.3 is 14.8 Å². The smallest absolute Gasteiger partial charge is 0.226 e. The number of nitrogens with one attached hydrogen (secondary N) is 1. The SMILES string of the molecule is CCc1nn(-c2ccc(OC)cc2)c(Oc2ccc(C)cc2)c1CCC(=O)NC1CC1. The highest BCUT2D eigenvalue weighted by molar-refractivity contribution is 5.77. The Morgan fingerprint density at radius 2 is 1.77 bits per heavy atom. The third-order valence-corrected chi connectivity index (χ3v) is 5.45. The van der Waals surface area contributed by atoms with Crippen LogP contribution in [0.4, 0.5) is 0 Å². The summed E-state index contributed by atoms with van der Waals surface area (Å²) in [5, 5.41) is 7.91. The lowest BCUT2D eigenvalue weighted by atomic mass is 10.1. The van der Waals surface area contributed by atoms with Crippen LogP contribution in [0.3, 0.4) is 0 Å². The Morgan fingerprint density at radius 1 is 1.10 bits per heavy atom. The van der Waals surface area contributed by atoms with E-state index in [-0.39, 0.29) is 5.91 Å². The van der Waals surface area contributed by atoms with Gasteiger partial charge in [0, 0.05) is 18.0 Å². The summed E-state index contributed by atoms with van der Waals surface area (Å²) in [6, 6.07) is 16.0. The molecule has 1 fully saturated rings. The van der Waals surface area contributed by atoms with Crippen LogP contribution in [0.2, 0.25) is 0 Å². The van der Waals surface area contributed by atoms with Crippen molar-refractivity contribution in [1.82, 2.24) is 15.1 Å². The number of benzene rings is 2. The van der Waals surface area contributed by atoms with Crippen molar-refractivity contribution >= 4 is 5.91 Å². The largest absolute Gasteiger partial charge is 0.497 e. The second-order valence-electron chi connectivity index (χ2n) is 7.95. The molecule has 0 radical (unpaired) electrons. The minimum atomic E-state index is 0.0861. The predicted octanol–water partition coefficient (Wildman–Crippen LogP) is 4.76. The van der Waals surface area contributed by atoms with Gasteiger partial charge in [-0.2, -0.15) is 5.10 Å². The number of rotatable bonds is 9. The Kier molecular flexibility index (Phi) is 6.26. The fourth-order valence-electron chi connectivity index (χ4n) is 3.50. The van der Waals surface area contributed by atoms with E-state index in [1.165, 1.54) is 5.56 Å². The predicted molar refractivity (Wildman–Crippen MR) is 120 cm³/mol. The molecule has 31 heavy (non-hydrogen) atoms. The van der Waals surface area contributed by atoms with Crippen LogP contribution >= 0.6 is 0 Å². The molecule has 162 valence electrons. The fraction of sp³-hybridized carbons (Fsp3) is 0.360.